The molecule has 0 aliphatic carbocycles. The van der Waals surface area contributed by atoms with Crippen molar-refractivity contribution in [3.63, 3.8) is 0 Å². The van der Waals surface area contributed by atoms with Crippen LogP contribution in [0.15, 0.2) is 0 Å². The molecule has 1 atom stereocenters. The monoisotopic (exact) mass is 246 g/mol. The minimum absolute atomic E-state index is 3.40. The van der Waals surface area contributed by atoms with Gasteiger partial charge in [-0.05, 0) is 0 Å². The van der Waals surface area contributed by atoms with Crippen molar-refractivity contribution in [2.75, 3.05) is 0 Å². The number of carbonyl (C=O) groups is 1. The summed E-state index contributed by atoms with van der Waals surface area (Å²) in [7, 11) is 0. The molecule has 10 heteroatoms. The van der Waals surface area contributed by atoms with E-state index in [1.165, 1.54) is 0 Å². The molecular formula is C5H2F8O2. The van der Waals surface area contributed by atoms with Gasteiger partial charge in [0.05, 0.1) is 0 Å². The smallest absolute Gasteiger partial charge is 0.456 e. The molecule has 0 heterocycles. The first-order valence-corrected chi connectivity index (χ1v) is 3.05. The maximum atomic E-state index is 12.1. The summed E-state index contributed by atoms with van der Waals surface area (Å²) in [4.78, 5) is 9.55. The Morgan fingerprint density at radius 2 is 1.33 bits per heavy atom. The standard InChI is InChI=1S/C5H2F8O2/c6-1(3(7,8)2(14)15)4(9,10)5(11,12)13/h1H,(H,14,15). The summed E-state index contributed by atoms with van der Waals surface area (Å²) in [6, 6.07) is 0. The lowest BCUT2D eigenvalue weighted by molar-refractivity contribution is -0.324. The van der Waals surface area contributed by atoms with Gasteiger partial charge in [0.25, 0.3) is 0 Å². The van der Waals surface area contributed by atoms with Crippen molar-refractivity contribution in [1.82, 2.24) is 0 Å². The SMILES string of the molecule is O=C(O)C(F)(F)C(F)C(F)(F)C(F)(F)F. The van der Waals surface area contributed by atoms with E-state index < -0.39 is 30.2 Å². The van der Waals surface area contributed by atoms with Crippen LogP contribution in [0.25, 0.3) is 0 Å². The third-order valence-electron chi connectivity index (χ3n) is 1.30. The second-order valence-electron chi connectivity index (χ2n) is 2.41. The first-order chi connectivity index (χ1) is 6.35. The highest BCUT2D eigenvalue weighted by Crippen LogP contribution is 2.44. The topological polar surface area (TPSA) is 37.3 Å². The van der Waals surface area contributed by atoms with Crippen molar-refractivity contribution < 1.29 is 45.0 Å². The van der Waals surface area contributed by atoms with Crippen LogP contribution in [0.2, 0.25) is 0 Å². The summed E-state index contributed by atoms with van der Waals surface area (Å²) >= 11 is 0. The van der Waals surface area contributed by atoms with Crippen LogP contribution in [-0.4, -0.2) is 35.3 Å². The fourth-order valence-electron chi connectivity index (χ4n) is 0.480. The molecule has 0 aromatic rings. The number of alkyl halides is 8. The summed E-state index contributed by atoms with van der Waals surface area (Å²) in [5, 5.41) is 7.55. The van der Waals surface area contributed by atoms with Crippen LogP contribution in [0.5, 0.6) is 0 Å². The van der Waals surface area contributed by atoms with Gasteiger partial charge in [-0.15, -0.1) is 0 Å². The maximum absolute atomic E-state index is 12.1. The molecule has 0 bridgehead atoms. The van der Waals surface area contributed by atoms with E-state index in [-0.39, 0.29) is 0 Å². The molecule has 90 valence electrons. The molecule has 0 saturated carbocycles. The molecule has 0 rings (SSSR count). The highest BCUT2D eigenvalue weighted by molar-refractivity contribution is 5.76. The van der Waals surface area contributed by atoms with Crippen LogP contribution in [0.4, 0.5) is 35.1 Å². The average molecular weight is 246 g/mol. The van der Waals surface area contributed by atoms with Gasteiger partial charge in [-0.2, -0.15) is 30.7 Å². The Hall–Kier alpha value is -1.09. The van der Waals surface area contributed by atoms with Gasteiger partial charge < -0.3 is 5.11 Å². The number of aliphatic carboxylic acids is 1. The van der Waals surface area contributed by atoms with Gasteiger partial charge in [-0.25, -0.2) is 9.18 Å². The first kappa shape index (κ1) is 13.9. The van der Waals surface area contributed by atoms with Crippen molar-refractivity contribution in [3.05, 3.63) is 0 Å². The first-order valence-electron chi connectivity index (χ1n) is 3.05. The van der Waals surface area contributed by atoms with E-state index in [4.69, 9.17) is 5.11 Å². The minimum Gasteiger partial charge on any atom is -0.477 e. The molecule has 0 radical (unpaired) electrons. The van der Waals surface area contributed by atoms with Gasteiger partial charge in [0.1, 0.15) is 0 Å². The number of hydrogen-bond donors (Lipinski definition) is 1. The molecular weight excluding hydrogens is 244 g/mol. The van der Waals surface area contributed by atoms with E-state index in [0.29, 0.717) is 0 Å². The Labute approximate surface area is 76.5 Å². The van der Waals surface area contributed by atoms with E-state index in [0.717, 1.165) is 0 Å². The normalized spacial score (nSPS) is 16.3. The molecule has 1 N–H and O–H groups in total. The Morgan fingerprint density at radius 1 is 1.00 bits per heavy atom. The van der Waals surface area contributed by atoms with Gasteiger partial charge in [0.15, 0.2) is 0 Å². The van der Waals surface area contributed by atoms with E-state index in [2.05, 4.69) is 0 Å². The Kier molecular flexibility index (Phi) is 3.24. The Bertz CT molecular complexity index is 256. The Morgan fingerprint density at radius 3 is 1.53 bits per heavy atom. The number of carboxylic acids is 1. The zero-order valence-corrected chi connectivity index (χ0v) is 6.46. The van der Waals surface area contributed by atoms with Crippen LogP contribution in [-0.2, 0) is 4.79 Å². The molecule has 0 fully saturated rings. The van der Waals surface area contributed by atoms with Crippen LogP contribution < -0.4 is 0 Å². The number of hydrogen-bond acceptors (Lipinski definition) is 1. The predicted octanol–water partition coefficient (Wildman–Crippen LogP) is 2.24. The molecule has 0 aliphatic heterocycles. The van der Waals surface area contributed by atoms with E-state index in [1.54, 1.807) is 0 Å². The lowest BCUT2D eigenvalue weighted by Gasteiger charge is -2.26. The lowest BCUT2D eigenvalue weighted by Crippen LogP contribution is -2.55. The Balaban J connectivity index is 5.18. The van der Waals surface area contributed by atoms with E-state index in [9.17, 15) is 39.9 Å². The van der Waals surface area contributed by atoms with Gasteiger partial charge in [0.2, 0.25) is 6.17 Å². The number of carboxylic acid groups (broad SMARTS) is 1. The predicted molar refractivity (Wildman–Crippen MR) is 28.5 cm³/mol. The molecule has 0 aromatic heterocycles. The summed E-state index contributed by atoms with van der Waals surface area (Å²) in [5.41, 5.74) is 0. The van der Waals surface area contributed by atoms with Crippen molar-refractivity contribution in [2.24, 2.45) is 0 Å². The number of halogens is 8. The van der Waals surface area contributed by atoms with Gasteiger partial charge in [0, 0.05) is 0 Å². The summed E-state index contributed by atoms with van der Waals surface area (Å²) in [6.45, 7) is 0. The van der Waals surface area contributed by atoms with E-state index in [1.807, 2.05) is 0 Å². The fourth-order valence-corrected chi connectivity index (χ4v) is 0.480. The lowest BCUT2D eigenvalue weighted by atomic mass is 10.1. The maximum Gasteiger partial charge on any atom is 0.456 e. The molecule has 0 aliphatic rings. The summed E-state index contributed by atoms with van der Waals surface area (Å²) in [5.74, 6) is -15.7. The molecule has 2 nitrogen and oxygen atoms in total. The third kappa shape index (κ3) is 2.29. The average Bonchev–Trinajstić information content (AvgIpc) is 2.00. The summed E-state index contributed by atoms with van der Waals surface area (Å²) < 4.78 is 94.1. The van der Waals surface area contributed by atoms with Crippen LogP contribution in [0.1, 0.15) is 0 Å². The van der Waals surface area contributed by atoms with Crippen molar-refractivity contribution in [2.45, 2.75) is 24.2 Å². The molecule has 0 saturated heterocycles. The molecule has 0 spiro atoms. The fraction of sp³-hybridized carbons (Fsp3) is 0.800. The molecule has 0 amide bonds. The van der Waals surface area contributed by atoms with Gasteiger partial charge in [-0.3, -0.25) is 0 Å². The summed E-state index contributed by atoms with van der Waals surface area (Å²) in [6.07, 6.45) is -11.8. The van der Waals surface area contributed by atoms with Gasteiger partial charge in [-0.1, -0.05) is 0 Å². The second-order valence-corrected chi connectivity index (χ2v) is 2.41. The van der Waals surface area contributed by atoms with Crippen molar-refractivity contribution in [3.8, 4) is 0 Å². The zero-order valence-electron chi connectivity index (χ0n) is 6.46. The highest BCUT2D eigenvalue weighted by atomic mass is 19.4. The highest BCUT2D eigenvalue weighted by Gasteiger charge is 2.72. The van der Waals surface area contributed by atoms with E-state index >= 15 is 0 Å². The molecule has 15 heavy (non-hydrogen) atoms. The third-order valence-corrected chi connectivity index (χ3v) is 1.30. The molecule has 0 aromatic carbocycles. The van der Waals surface area contributed by atoms with Crippen molar-refractivity contribution >= 4 is 5.97 Å². The van der Waals surface area contributed by atoms with Gasteiger partial charge >= 0.3 is 24.0 Å². The van der Waals surface area contributed by atoms with Crippen LogP contribution >= 0.6 is 0 Å². The van der Waals surface area contributed by atoms with Crippen LogP contribution in [0, 0.1) is 0 Å². The molecule has 1 unspecified atom stereocenters. The quantitative estimate of drug-likeness (QED) is 0.775. The zero-order chi connectivity index (χ0) is 12.7. The second kappa shape index (κ2) is 3.49. The van der Waals surface area contributed by atoms with Crippen LogP contribution in [0.3, 0.4) is 0 Å². The van der Waals surface area contributed by atoms with Crippen molar-refractivity contribution in [1.29, 1.82) is 0 Å². The largest absolute Gasteiger partial charge is 0.477 e. The minimum atomic E-state index is -6.59. The number of rotatable bonds is 3.